The third-order valence-corrected chi connectivity index (χ3v) is 8.02. The van der Waals surface area contributed by atoms with E-state index >= 15 is 0 Å². The Morgan fingerprint density at radius 2 is 1.65 bits per heavy atom. The van der Waals surface area contributed by atoms with Crippen molar-refractivity contribution in [1.29, 1.82) is 0 Å². The van der Waals surface area contributed by atoms with E-state index in [1.165, 1.54) is 25.3 Å². The molecule has 6 N–H and O–H groups in total. The Balaban J connectivity index is 2.12. The topological polar surface area (TPSA) is 169 Å². The minimum absolute atomic E-state index is 0.151. The minimum Gasteiger partial charge on any atom is -0.444 e. The number of aliphatic hydroxyl groups is 1. The molecule has 0 spiro atoms. The van der Waals surface area contributed by atoms with Gasteiger partial charge in [0.25, 0.3) is 5.91 Å². The molecule has 0 radical (unpaired) electrons. The van der Waals surface area contributed by atoms with Gasteiger partial charge in [-0.25, -0.2) is 4.79 Å². The highest BCUT2D eigenvalue weighted by Gasteiger charge is 2.35. The van der Waals surface area contributed by atoms with Gasteiger partial charge in [-0.3, -0.25) is 19.7 Å². The van der Waals surface area contributed by atoms with Crippen molar-refractivity contribution >= 4 is 35.6 Å². The second-order valence-electron chi connectivity index (χ2n) is 12.1. The minimum atomic E-state index is -1.36. The first kappa shape index (κ1) is 36.5. The smallest absolute Gasteiger partial charge is 0.408 e. The molecule has 0 saturated heterocycles. The number of nitrogens with one attached hydrogen (secondary N) is 3. The van der Waals surface area contributed by atoms with Crippen LogP contribution >= 0.6 is 11.8 Å². The van der Waals surface area contributed by atoms with Gasteiger partial charge in [0, 0.05) is 19.6 Å². The monoisotopic (exact) mass is 622 g/mol. The average Bonchev–Trinajstić information content (AvgIpc) is 2.95. The fraction of sp³-hybridized carbons (Fsp3) is 0.677. The predicted octanol–water partition coefficient (Wildman–Crippen LogP) is 2.68. The van der Waals surface area contributed by atoms with Crippen molar-refractivity contribution in [3.8, 4) is 0 Å². The van der Waals surface area contributed by atoms with Crippen LogP contribution in [0.1, 0.15) is 71.3 Å². The Morgan fingerprint density at radius 3 is 2.23 bits per heavy atom. The van der Waals surface area contributed by atoms with Crippen LogP contribution in [0.25, 0.3) is 0 Å². The van der Waals surface area contributed by atoms with Gasteiger partial charge >= 0.3 is 6.09 Å². The Morgan fingerprint density at radius 1 is 1.00 bits per heavy atom. The zero-order chi connectivity index (χ0) is 32.0. The summed E-state index contributed by atoms with van der Waals surface area (Å²) in [6.07, 6.45) is 4.85. The molecule has 1 saturated carbocycles. The molecule has 242 valence electrons. The lowest BCUT2D eigenvalue weighted by molar-refractivity contribution is -0.144. The Kier molecular flexibility index (Phi) is 15.5. The van der Waals surface area contributed by atoms with Gasteiger partial charge < -0.3 is 30.9 Å². The van der Waals surface area contributed by atoms with E-state index in [0.717, 1.165) is 31.2 Å². The SMILES string of the molecule is COC(C(=O)NC(=O)[C@H](CCSC)NC(=O)[C@H](Cc1ccccc1)NC(=O)OC(C)(C)C)C(O)C(N)CC1CCCCC1. The number of hydrogen-bond donors (Lipinski definition) is 5. The van der Waals surface area contributed by atoms with Crippen molar-refractivity contribution < 1.29 is 33.8 Å². The summed E-state index contributed by atoms with van der Waals surface area (Å²) >= 11 is 1.47. The Labute approximate surface area is 259 Å². The highest BCUT2D eigenvalue weighted by Crippen LogP contribution is 2.28. The number of thioether (sulfide) groups is 1. The molecule has 1 aliphatic carbocycles. The molecule has 1 aliphatic rings. The van der Waals surface area contributed by atoms with Crippen LogP contribution in [0, 0.1) is 5.92 Å². The summed E-state index contributed by atoms with van der Waals surface area (Å²) in [5, 5.41) is 18.4. The van der Waals surface area contributed by atoms with Crippen LogP contribution in [0.5, 0.6) is 0 Å². The molecule has 1 aromatic rings. The number of alkyl carbamates (subject to hydrolysis) is 1. The van der Waals surface area contributed by atoms with Crippen LogP contribution in [-0.4, -0.2) is 84.0 Å². The zero-order valence-corrected chi connectivity index (χ0v) is 26.9. The number of methoxy groups -OCH3 is 1. The van der Waals surface area contributed by atoms with Crippen molar-refractivity contribution in [2.75, 3.05) is 19.1 Å². The van der Waals surface area contributed by atoms with Gasteiger partial charge in [-0.15, -0.1) is 0 Å². The number of carbonyl (C=O) groups excluding carboxylic acids is 4. The first-order valence-electron chi connectivity index (χ1n) is 15.0. The second kappa shape index (κ2) is 18.2. The molecule has 2 rings (SSSR count). The van der Waals surface area contributed by atoms with Gasteiger partial charge in [-0.1, -0.05) is 62.4 Å². The quantitative estimate of drug-likeness (QED) is 0.197. The molecule has 0 bridgehead atoms. The zero-order valence-electron chi connectivity index (χ0n) is 26.1. The first-order chi connectivity index (χ1) is 20.3. The van der Waals surface area contributed by atoms with E-state index in [-0.39, 0.29) is 12.8 Å². The van der Waals surface area contributed by atoms with Crippen LogP contribution in [0.15, 0.2) is 30.3 Å². The maximum absolute atomic E-state index is 13.5. The molecule has 0 aliphatic heterocycles. The molecule has 0 aromatic heterocycles. The van der Waals surface area contributed by atoms with Crippen LogP contribution < -0.4 is 21.7 Å². The number of rotatable bonds is 15. The summed E-state index contributed by atoms with van der Waals surface area (Å²) in [5.74, 6) is -1.31. The molecular weight excluding hydrogens is 572 g/mol. The van der Waals surface area contributed by atoms with Gasteiger partial charge in [0.15, 0.2) is 6.10 Å². The van der Waals surface area contributed by atoms with Gasteiger partial charge in [-0.05, 0) is 57.1 Å². The van der Waals surface area contributed by atoms with Crippen molar-refractivity contribution in [2.45, 2.75) is 108 Å². The molecule has 1 aromatic carbocycles. The summed E-state index contributed by atoms with van der Waals surface area (Å²) < 4.78 is 10.6. The first-order valence-corrected chi connectivity index (χ1v) is 16.4. The van der Waals surface area contributed by atoms with E-state index in [1.54, 1.807) is 20.8 Å². The van der Waals surface area contributed by atoms with Crippen molar-refractivity contribution in [3.63, 3.8) is 0 Å². The molecule has 0 heterocycles. The standard InChI is InChI=1S/C31H50N4O7S/c1-31(2,3)42-30(40)34-24(19-21-14-10-7-11-15-21)28(38)33-23(16-17-43-5)27(37)35-29(39)26(41-4)25(36)22(32)18-20-12-8-6-9-13-20/h7,10-11,14-15,20,22-26,36H,6,8-9,12-13,16-19,32H2,1-5H3,(H,33,38)(H,34,40)(H,35,37,39)/t22?,23-,24-,25?,26?/m0/s1. The van der Waals surface area contributed by atoms with E-state index in [9.17, 15) is 24.3 Å². The number of amides is 4. The van der Waals surface area contributed by atoms with Crippen molar-refractivity contribution in [1.82, 2.24) is 16.0 Å². The fourth-order valence-corrected chi connectivity index (χ4v) is 5.61. The fourth-order valence-electron chi connectivity index (χ4n) is 5.14. The van der Waals surface area contributed by atoms with E-state index in [0.29, 0.717) is 18.1 Å². The molecule has 1 fully saturated rings. The molecule has 43 heavy (non-hydrogen) atoms. The maximum Gasteiger partial charge on any atom is 0.408 e. The predicted molar refractivity (Wildman–Crippen MR) is 167 cm³/mol. The summed E-state index contributed by atoms with van der Waals surface area (Å²) in [5.41, 5.74) is 6.27. The van der Waals surface area contributed by atoms with Crippen molar-refractivity contribution in [3.05, 3.63) is 35.9 Å². The van der Waals surface area contributed by atoms with Gasteiger partial charge in [0.1, 0.15) is 23.8 Å². The number of carbonyl (C=O) groups is 4. The normalized spacial score (nSPS) is 17.6. The number of imide groups is 1. The average molecular weight is 623 g/mol. The number of benzene rings is 1. The highest BCUT2D eigenvalue weighted by atomic mass is 32.2. The van der Waals surface area contributed by atoms with Crippen molar-refractivity contribution in [2.24, 2.45) is 11.7 Å². The lowest BCUT2D eigenvalue weighted by Gasteiger charge is -2.30. The number of aliphatic hydroxyl groups excluding tert-OH is 1. The summed E-state index contributed by atoms with van der Waals surface area (Å²) in [4.78, 5) is 52.4. The Bertz CT molecular complexity index is 1030. The molecule has 5 atom stereocenters. The third-order valence-electron chi connectivity index (χ3n) is 7.37. The number of hydrogen-bond acceptors (Lipinski definition) is 9. The van der Waals surface area contributed by atoms with Gasteiger partial charge in [0.2, 0.25) is 11.8 Å². The number of nitrogens with two attached hydrogens (primary N) is 1. The molecule has 3 unspecified atom stereocenters. The molecule has 12 heteroatoms. The highest BCUT2D eigenvalue weighted by molar-refractivity contribution is 7.98. The van der Waals surface area contributed by atoms with Crippen LogP contribution in [0.4, 0.5) is 4.79 Å². The summed E-state index contributed by atoms with van der Waals surface area (Å²) in [6, 6.07) is 6.29. The molecule has 11 nitrogen and oxygen atoms in total. The van der Waals surface area contributed by atoms with Gasteiger partial charge in [0.05, 0.1) is 0 Å². The van der Waals surface area contributed by atoms with E-state index in [1.807, 2.05) is 36.6 Å². The van der Waals surface area contributed by atoms with E-state index in [2.05, 4.69) is 16.0 Å². The molecular formula is C31H50N4O7S. The van der Waals surface area contributed by atoms with Crippen LogP contribution in [-0.2, 0) is 30.3 Å². The lowest BCUT2D eigenvalue weighted by atomic mass is 9.83. The van der Waals surface area contributed by atoms with Crippen LogP contribution in [0.3, 0.4) is 0 Å². The van der Waals surface area contributed by atoms with Gasteiger partial charge in [-0.2, -0.15) is 11.8 Å². The number of ether oxygens (including phenoxy) is 2. The second-order valence-corrected chi connectivity index (χ2v) is 13.1. The third kappa shape index (κ3) is 13.2. The van der Waals surface area contributed by atoms with Crippen LogP contribution in [0.2, 0.25) is 0 Å². The molecule has 4 amide bonds. The maximum atomic E-state index is 13.5. The van der Waals surface area contributed by atoms with E-state index < -0.39 is 59.7 Å². The Hall–Kier alpha value is -2.67. The summed E-state index contributed by atoms with van der Waals surface area (Å²) in [6.45, 7) is 5.14. The lowest BCUT2D eigenvalue weighted by Crippen LogP contribution is -2.58. The van der Waals surface area contributed by atoms with E-state index in [4.69, 9.17) is 15.2 Å². The largest absolute Gasteiger partial charge is 0.444 e. The summed E-state index contributed by atoms with van der Waals surface area (Å²) in [7, 11) is 1.27.